The Hall–Kier alpha value is -2.90. The second-order valence-electron chi connectivity index (χ2n) is 7.41. The van der Waals surface area contributed by atoms with E-state index < -0.39 is 16.0 Å². The minimum atomic E-state index is -3.58. The van der Waals surface area contributed by atoms with Gasteiger partial charge in [-0.25, -0.2) is 13.2 Å². The summed E-state index contributed by atoms with van der Waals surface area (Å²) in [6, 6.07) is 20.3. The second-order valence-corrected chi connectivity index (χ2v) is 9.32. The van der Waals surface area contributed by atoms with Crippen LogP contribution in [0.3, 0.4) is 0 Å². The number of rotatable bonds is 6. The molecule has 4 rings (SSSR count). The van der Waals surface area contributed by atoms with E-state index in [1.807, 2.05) is 48.5 Å². The summed E-state index contributed by atoms with van der Waals surface area (Å²) in [5.41, 5.74) is 1.04. The van der Waals surface area contributed by atoms with Gasteiger partial charge in [-0.2, -0.15) is 4.31 Å². The highest BCUT2D eigenvalue weighted by Gasteiger charge is 2.31. The Kier molecular flexibility index (Phi) is 5.74. The van der Waals surface area contributed by atoms with E-state index >= 15 is 0 Å². The SMILES string of the molecule is O=C(O)COc1cccc(C2CCN(S(=O)(=O)c3cccc4ccccc34)CC2)c1. The molecule has 0 amide bonds. The number of sulfonamides is 1. The summed E-state index contributed by atoms with van der Waals surface area (Å²) in [6.07, 6.45) is 1.40. The molecule has 0 saturated carbocycles. The molecule has 1 heterocycles. The maximum absolute atomic E-state index is 13.3. The number of carboxylic acids is 1. The highest BCUT2D eigenvalue weighted by Crippen LogP contribution is 2.33. The Balaban J connectivity index is 1.49. The highest BCUT2D eigenvalue weighted by atomic mass is 32.2. The molecule has 0 aromatic heterocycles. The molecule has 1 fully saturated rings. The van der Waals surface area contributed by atoms with E-state index in [0.29, 0.717) is 36.6 Å². The van der Waals surface area contributed by atoms with Gasteiger partial charge in [0.2, 0.25) is 10.0 Å². The van der Waals surface area contributed by atoms with Crippen LogP contribution >= 0.6 is 0 Å². The van der Waals surface area contributed by atoms with Crippen LogP contribution in [0.4, 0.5) is 0 Å². The van der Waals surface area contributed by atoms with Gasteiger partial charge in [0, 0.05) is 18.5 Å². The molecule has 30 heavy (non-hydrogen) atoms. The molecule has 0 unspecified atom stereocenters. The van der Waals surface area contributed by atoms with Gasteiger partial charge in [-0.1, -0.05) is 48.5 Å². The van der Waals surface area contributed by atoms with E-state index in [1.54, 1.807) is 22.5 Å². The number of carboxylic acid groups (broad SMARTS) is 1. The number of hydrogen-bond acceptors (Lipinski definition) is 4. The standard InChI is InChI=1S/C23H23NO5S/c25-23(26)16-29-20-8-3-7-19(15-20)17-11-13-24(14-12-17)30(27,28)22-10-4-6-18-5-1-2-9-21(18)22/h1-10,15,17H,11-14,16H2,(H,25,26). The van der Waals surface area contributed by atoms with Crippen molar-refractivity contribution in [3.05, 3.63) is 72.3 Å². The minimum absolute atomic E-state index is 0.206. The predicted molar refractivity (Wildman–Crippen MR) is 114 cm³/mol. The van der Waals surface area contributed by atoms with Gasteiger partial charge in [0.1, 0.15) is 5.75 Å². The molecule has 1 saturated heterocycles. The Morgan fingerprint density at radius 3 is 2.47 bits per heavy atom. The maximum Gasteiger partial charge on any atom is 0.341 e. The Bertz CT molecular complexity index is 1160. The van der Waals surface area contributed by atoms with Crippen LogP contribution in [0.15, 0.2) is 71.6 Å². The van der Waals surface area contributed by atoms with Gasteiger partial charge in [-0.05, 0) is 47.9 Å². The molecule has 0 radical (unpaired) electrons. The van der Waals surface area contributed by atoms with Crippen LogP contribution in [0, 0.1) is 0 Å². The van der Waals surface area contributed by atoms with Crippen molar-refractivity contribution < 1.29 is 23.1 Å². The largest absolute Gasteiger partial charge is 0.482 e. The fourth-order valence-corrected chi connectivity index (χ4v) is 5.68. The van der Waals surface area contributed by atoms with Crippen LogP contribution in [-0.4, -0.2) is 43.5 Å². The molecule has 3 aromatic carbocycles. The number of aliphatic carboxylic acids is 1. The van der Waals surface area contributed by atoms with Gasteiger partial charge in [0.05, 0.1) is 4.90 Å². The summed E-state index contributed by atoms with van der Waals surface area (Å²) in [4.78, 5) is 11.1. The summed E-state index contributed by atoms with van der Waals surface area (Å²) < 4.78 is 33.4. The molecule has 1 N–H and O–H groups in total. The lowest BCUT2D eigenvalue weighted by atomic mass is 9.90. The average Bonchev–Trinajstić information content (AvgIpc) is 2.77. The molecule has 3 aromatic rings. The molecule has 0 aliphatic carbocycles. The zero-order valence-electron chi connectivity index (χ0n) is 16.4. The smallest absolute Gasteiger partial charge is 0.341 e. The first-order chi connectivity index (χ1) is 14.4. The predicted octanol–water partition coefficient (Wildman–Crippen LogP) is 3.87. The van der Waals surface area contributed by atoms with Crippen LogP contribution in [0.1, 0.15) is 24.3 Å². The summed E-state index contributed by atoms with van der Waals surface area (Å²) in [5.74, 6) is -0.301. The van der Waals surface area contributed by atoms with E-state index in [2.05, 4.69) is 0 Å². The summed E-state index contributed by atoms with van der Waals surface area (Å²) in [6.45, 7) is 0.498. The lowest BCUT2D eigenvalue weighted by Gasteiger charge is -2.31. The Morgan fingerprint density at radius 2 is 1.70 bits per heavy atom. The fourth-order valence-electron chi connectivity index (χ4n) is 3.99. The fraction of sp³-hybridized carbons (Fsp3) is 0.261. The molecule has 156 valence electrons. The van der Waals surface area contributed by atoms with Gasteiger partial charge in [0.25, 0.3) is 0 Å². The van der Waals surface area contributed by atoms with E-state index in [1.165, 1.54) is 0 Å². The van der Waals surface area contributed by atoms with Crippen molar-refractivity contribution in [1.82, 2.24) is 4.31 Å². The lowest BCUT2D eigenvalue weighted by molar-refractivity contribution is -0.139. The molecule has 0 atom stereocenters. The van der Waals surface area contributed by atoms with Gasteiger partial charge in [0.15, 0.2) is 6.61 Å². The van der Waals surface area contributed by atoms with Crippen molar-refractivity contribution in [2.45, 2.75) is 23.7 Å². The molecule has 0 bridgehead atoms. The first-order valence-electron chi connectivity index (χ1n) is 9.87. The molecular weight excluding hydrogens is 402 g/mol. The van der Waals surface area contributed by atoms with E-state index in [0.717, 1.165) is 16.3 Å². The molecule has 7 heteroatoms. The zero-order valence-corrected chi connectivity index (χ0v) is 17.2. The molecule has 6 nitrogen and oxygen atoms in total. The van der Waals surface area contributed by atoms with E-state index in [4.69, 9.17) is 9.84 Å². The van der Waals surface area contributed by atoms with Gasteiger partial charge >= 0.3 is 5.97 Å². The zero-order chi connectivity index (χ0) is 21.1. The van der Waals surface area contributed by atoms with Crippen molar-refractivity contribution in [3.8, 4) is 5.75 Å². The third-order valence-corrected chi connectivity index (χ3v) is 7.47. The first kappa shape index (κ1) is 20.4. The lowest BCUT2D eigenvalue weighted by Crippen LogP contribution is -2.38. The van der Waals surface area contributed by atoms with Crippen molar-refractivity contribution in [2.75, 3.05) is 19.7 Å². The number of fused-ring (bicyclic) bond motifs is 1. The molecule has 1 aliphatic rings. The monoisotopic (exact) mass is 425 g/mol. The molecule has 1 aliphatic heterocycles. The van der Waals surface area contributed by atoms with Gasteiger partial charge < -0.3 is 9.84 Å². The van der Waals surface area contributed by atoms with E-state index in [-0.39, 0.29) is 12.5 Å². The number of piperidine rings is 1. The van der Waals surface area contributed by atoms with Crippen LogP contribution in [0.25, 0.3) is 10.8 Å². The van der Waals surface area contributed by atoms with Crippen LogP contribution in [-0.2, 0) is 14.8 Å². The third-order valence-electron chi connectivity index (χ3n) is 5.51. The minimum Gasteiger partial charge on any atom is -0.482 e. The Morgan fingerprint density at radius 1 is 1.00 bits per heavy atom. The number of nitrogens with zero attached hydrogens (tertiary/aromatic N) is 1. The van der Waals surface area contributed by atoms with Crippen molar-refractivity contribution in [1.29, 1.82) is 0 Å². The van der Waals surface area contributed by atoms with Gasteiger partial charge in [-0.3, -0.25) is 0 Å². The number of carbonyl (C=O) groups is 1. The molecular formula is C23H23NO5S. The van der Waals surface area contributed by atoms with Crippen molar-refractivity contribution >= 4 is 26.8 Å². The average molecular weight is 426 g/mol. The highest BCUT2D eigenvalue weighted by molar-refractivity contribution is 7.89. The molecule has 0 spiro atoms. The summed E-state index contributed by atoms with van der Waals surface area (Å²) in [7, 11) is -3.58. The van der Waals surface area contributed by atoms with Gasteiger partial charge in [-0.15, -0.1) is 0 Å². The normalized spacial score (nSPS) is 15.9. The number of ether oxygens (including phenoxy) is 1. The Labute approximate surface area is 175 Å². The van der Waals surface area contributed by atoms with Crippen LogP contribution in [0.2, 0.25) is 0 Å². The maximum atomic E-state index is 13.3. The van der Waals surface area contributed by atoms with Crippen LogP contribution < -0.4 is 4.74 Å². The summed E-state index contributed by atoms with van der Waals surface area (Å²) in [5, 5.41) is 10.4. The number of benzene rings is 3. The quantitative estimate of drug-likeness (QED) is 0.648. The summed E-state index contributed by atoms with van der Waals surface area (Å²) >= 11 is 0. The first-order valence-corrected chi connectivity index (χ1v) is 11.3. The number of hydrogen-bond donors (Lipinski definition) is 1. The van der Waals surface area contributed by atoms with Crippen LogP contribution in [0.5, 0.6) is 5.75 Å². The van der Waals surface area contributed by atoms with Crippen molar-refractivity contribution in [2.24, 2.45) is 0 Å². The second kappa shape index (κ2) is 8.45. The van der Waals surface area contributed by atoms with E-state index in [9.17, 15) is 13.2 Å². The topological polar surface area (TPSA) is 83.9 Å². The van der Waals surface area contributed by atoms with Crippen molar-refractivity contribution in [3.63, 3.8) is 0 Å². The third kappa shape index (κ3) is 4.17.